The van der Waals surface area contributed by atoms with Gasteiger partial charge >= 0.3 is 0 Å². The van der Waals surface area contributed by atoms with E-state index < -0.39 is 0 Å². The second-order valence-electron chi connectivity index (χ2n) is 6.58. The molecule has 2 heterocycles. The van der Waals surface area contributed by atoms with Crippen LogP contribution in [0.5, 0.6) is 17.2 Å². The Kier molecular flexibility index (Phi) is 4.58. The zero-order valence-electron chi connectivity index (χ0n) is 14.9. The zero-order valence-corrected chi connectivity index (χ0v) is 14.9. The number of hydrogen-bond donors (Lipinski definition) is 1. The summed E-state index contributed by atoms with van der Waals surface area (Å²) in [6.45, 7) is 1.05. The van der Waals surface area contributed by atoms with Crippen molar-refractivity contribution in [2.24, 2.45) is 5.92 Å². The summed E-state index contributed by atoms with van der Waals surface area (Å²) in [4.78, 5) is 26.6. The summed E-state index contributed by atoms with van der Waals surface area (Å²) in [5.41, 5.74) is 1.60. The number of amides is 2. The Balaban J connectivity index is 1.38. The number of nitrogens with zero attached hydrogens (tertiary/aromatic N) is 1. The Morgan fingerprint density at radius 2 is 2.07 bits per heavy atom. The Bertz CT molecular complexity index is 882. The highest BCUT2D eigenvalue weighted by atomic mass is 16.7. The van der Waals surface area contributed by atoms with Crippen LogP contribution in [-0.2, 0) is 16.1 Å². The van der Waals surface area contributed by atoms with Crippen LogP contribution in [0.15, 0.2) is 42.5 Å². The number of carbonyl (C=O) groups excluding carboxylic acids is 2. The smallest absolute Gasteiger partial charge is 0.231 e. The molecule has 2 amide bonds. The van der Waals surface area contributed by atoms with E-state index in [9.17, 15) is 9.59 Å². The normalized spacial score (nSPS) is 17.9. The summed E-state index contributed by atoms with van der Waals surface area (Å²) in [7, 11) is 1.57. The molecule has 0 aromatic heterocycles. The molecule has 2 aromatic carbocycles. The molecule has 7 nitrogen and oxygen atoms in total. The molecule has 0 aliphatic carbocycles. The van der Waals surface area contributed by atoms with Crippen LogP contribution in [0.1, 0.15) is 12.0 Å². The molecule has 140 valence electrons. The molecule has 4 rings (SSSR count). The summed E-state index contributed by atoms with van der Waals surface area (Å²) in [6.07, 6.45) is 0.209. The fourth-order valence-corrected chi connectivity index (χ4v) is 3.31. The summed E-state index contributed by atoms with van der Waals surface area (Å²) < 4.78 is 15.8. The molecule has 7 heteroatoms. The lowest BCUT2D eigenvalue weighted by atomic mass is 10.1. The number of methoxy groups -OCH3 is 1. The average molecular weight is 368 g/mol. The number of hydrogen-bond acceptors (Lipinski definition) is 5. The molecule has 2 aliphatic rings. The quantitative estimate of drug-likeness (QED) is 0.877. The van der Waals surface area contributed by atoms with E-state index in [0.29, 0.717) is 36.0 Å². The maximum Gasteiger partial charge on any atom is 0.231 e. The number of ether oxygens (including phenoxy) is 3. The second-order valence-corrected chi connectivity index (χ2v) is 6.58. The minimum Gasteiger partial charge on any atom is -0.497 e. The Labute approximate surface area is 156 Å². The van der Waals surface area contributed by atoms with Crippen LogP contribution in [0, 0.1) is 5.92 Å². The van der Waals surface area contributed by atoms with Crippen LogP contribution in [0.2, 0.25) is 0 Å². The predicted molar refractivity (Wildman–Crippen MR) is 97.7 cm³/mol. The minimum absolute atomic E-state index is 0.0292. The van der Waals surface area contributed by atoms with Gasteiger partial charge in [0, 0.05) is 31.3 Å². The molecule has 1 fully saturated rings. The standard InChI is InChI=1S/C20H20N2O5/c1-25-16-4-2-3-15(9-16)21-20(24)14-8-19(23)22(11-14)10-13-5-6-17-18(7-13)27-12-26-17/h2-7,9,14H,8,10-12H2,1H3,(H,21,24). The van der Waals surface area contributed by atoms with Crippen molar-refractivity contribution in [1.29, 1.82) is 0 Å². The van der Waals surface area contributed by atoms with E-state index in [0.717, 1.165) is 5.56 Å². The monoisotopic (exact) mass is 368 g/mol. The first-order valence-corrected chi connectivity index (χ1v) is 8.73. The van der Waals surface area contributed by atoms with Gasteiger partial charge in [0.05, 0.1) is 13.0 Å². The van der Waals surface area contributed by atoms with Gasteiger partial charge in [0.1, 0.15) is 5.75 Å². The SMILES string of the molecule is COc1cccc(NC(=O)C2CC(=O)N(Cc3ccc4c(c3)OCO4)C2)c1. The lowest BCUT2D eigenvalue weighted by Crippen LogP contribution is -2.28. The van der Waals surface area contributed by atoms with Crippen LogP contribution in [-0.4, -0.2) is 37.2 Å². The number of fused-ring (bicyclic) bond motifs is 1. The molecule has 27 heavy (non-hydrogen) atoms. The first-order valence-electron chi connectivity index (χ1n) is 8.73. The van der Waals surface area contributed by atoms with E-state index in [2.05, 4.69) is 5.32 Å². The van der Waals surface area contributed by atoms with Gasteiger partial charge in [-0.05, 0) is 29.8 Å². The number of likely N-dealkylation sites (tertiary alicyclic amines) is 1. The summed E-state index contributed by atoms with van der Waals surface area (Å²) in [6, 6.07) is 12.8. The van der Waals surface area contributed by atoms with Crippen LogP contribution in [0.25, 0.3) is 0 Å². The lowest BCUT2D eigenvalue weighted by Gasteiger charge is -2.17. The fraction of sp³-hybridized carbons (Fsp3) is 0.300. The lowest BCUT2D eigenvalue weighted by molar-refractivity contribution is -0.128. The molecular formula is C20H20N2O5. The van der Waals surface area contributed by atoms with Gasteiger partial charge < -0.3 is 24.4 Å². The number of nitrogens with one attached hydrogen (secondary N) is 1. The van der Waals surface area contributed by atoms with Gasteiger partial charge in [0.25, 0.3) is 0 Å². The molecule has 2 aromatic rings. The maximum absolute atomic E-state index is 12.5. The van der Waals surface area contributed by atoms with Crippen molar-refractivity contribution in [2.45, 2.75) is 13.0 Å². The van der Waals surface area contributed by atoms with Gasteiger partial charge in [-0.3, -0.25) is 9.59 Å². The zero-order chi connectivity index (χ0) is 18.8. The summed E-state index contributed by atoms with van der Waals surface area (Å²) in [5, 5.41) is 2.86. The van der Waals surface area contributed by atoms with Gasteiger partial charge in [-0.1, -0.05) is 12.1 Å². The Morgan fingerprint density at radius 1 is 1.22 bits per heavy atom. The van der Waals surface area contributed by atoms with Gasteiger partial charge in [-0.15, -0.1) is 0 Å². The van der Waals surface area contributed by atoms with E-state index in [4.69, 9.17) is 14.2 Å². The van der Waals surface area contributed by atoms with Crippen molar-refractivity contribution in [2.75, 3.05) is 25.8 Å². The molecule has 0 spiro atoms. The highest BCUT2D eigenvalue weighted by molar-refractivity contribution is 5.97. The molecule has 0 radical (unpaired) electrons. The number of rotatable bonds is 5. The van der Waals surface area contributed by atoms with Gasteiger partial charge in [0.2, 0.25) is 18.6 Å². The second kappa shape index (κ2) is 7.19. The highest BCUT2D eigenvalue weighted by Crippen LogP contribution is 2.33. The van der Waals surface area contributed by atoms with Crippen molar-refractivity contribution >= 4 is 17.5 Å². The number of benzene rings is 2. The van der Waals surface area contributed by atoms with Crippen molar-refractivity contribution in [3.05, 3.63) is 48.0 Å². The summed E-state index contributed by atoms with van der Waals surface area (Å²) in [5.74, 6) is 1.49. The van der Waals surface area contributed by atoms with Gasteiger partial charge in [-0.2, -0.15) is 0 Å². The van der Waals surface area contributed by atoms with Crippen LogP contribution >= 0.6 is 0 Å². The Hall–Kier alpha value is -3.22. The first-order chi connectivity index (χ1) is 13.1. The first kappa shape index (κ1) is 17.2. The van der Waals surface area contributed by atoms with Crippen molar-refractivity contribution < 1.29 is 23.8 Å². The molecule has 1 unspecified atom stereocenters. The van der Waals surface area contributed by atoms with E-state index in [1.807, 2.05) is 24.3 Å². The van der Waals surface area contributed by atoms with Crippen molar-refractivity contribution in [3.63, 3.8) is 0 Å². The predicted octanol–water partition coefficient (Wildman–Crippen LogP) is 2.41. The number of anilines is 1. The van der Waals surface area contributed by atoms with Gasteiger partial charge in [-0.25, -0.2) is 0 Å². The van der Waals surface area contributed by atoms with E-state index in [1.165, 1.54) is 0 Å². The summed E-state index contributed by atoms with van der Waals surface area (Å²) >= 11 is 0. The molecular weight excluding hydrogens is 348 g/mol. The largest absolute Gasteiger partial charge is 0.497 e. The molecule has 1 N–H and O–H groups in total. The third-order valence-electron chi connectivity index (χ3n) is 4.73. The van der Waals surface area contributed by atoms with Gasteiger partial charge in [0.15, 0.2) is 11.5 Å². The third-order valence-corrected chi connectivity index (χ3v) is 4.73. The maximum atomic E-state index is 12.5. The third kappa shape index (κ3) is 3.67. The van der Waals surface area contributed by atoms with Crippen molar-refractivity contribution in [3.8, 4) is 17.2 Å². The number of carbonyl (C=O) groups is 2. The van der Waals surface area contributed by atoms with Crippen LogP contribution in [0.4, 0.5) is 5.69 Å². The molecule has 1 atom stereocenters. The minimum atomic E-state index is -0.377. The van der Waals surface area contributed by atoms with E-state index in [1.54, 1.807) is 30.2 Å². The van der Waals surface area contributed by atoms with Crippen LogP contribution < -0.4 is 19.5 Å². The Morgan fingerprint density at radius 3 is 2.93 bits per heavy atom. The molecule has 2 aliphatic heterocycles. The molecule has 0 saturated carbocycles. The highest BCUT2D eigenvalue weighted by Gasteiger charge is 2.34. The van der Waals surface area contributed by atoms with E-state index in [-0.39, 0.29) is 30.9 Å². The van der Waals surface area contributed by atoms with E-state index >= 15 is 0 Å². The molecule has 0 bridgehead atoms. The van der Waals surface area contributed by atoms with Crippen LogP contribution in [0.3, 0.4) is 0 Å². The molecule has 1 saturated heterocycles. The van der Waals surface area contributed by atoms with Crippen molar-refractivity contribution in [1.82, 2.24) is 4.90 Å². The fourth-order valence-electron chi connectivity index (χ4n) is 3.31. The topological polar surface area (TPSA) is 77.1 Å². The average Bonchev–Trinajstić information content (AvgIpc) is 3.28.